The highest BCUT2D eigenvalue weighted by Gasteiger charge is 2.18. The number of primary amides is 1. The van der Waals surface area contributed by atoms with E-state index < -0.39 is 5.91 Å². The van der Waals surface area contributed by atoms with Crippen molar-refractivity contribution in [2.45, 2.75) is 52.4 Å². The lowest BCUT2D eigenvalue weighted by Crippen LogP contribution is -2.16. The normalized spacial score (nSPS) is 10.6. The summed E-state index contributed by atoms with van der Waals surface area (Å²) in [5.41, 5.74) is 10.4. The molecule has 0 aromatic heterocycles. The Morgan fingerprint density at radius 1 is 0.600 bits per heavy atom. The number of hydrogen-bond acceptors (Lipinski definition) is 8. The molecule has 0 bridgehead atoms. The topological polar surface area (TPSA) is 162 Å². The smallest absolute Gasteiger partial charge is 0.248 e. The second-order valence-electron chi connectivity index (χ2n) is 15.2. The first-order valence-corrected chi connectivity index (χ1v) is 21.7. The summed E-state index contributed by atoms with van der Waals surface area (Å²) < 4.78 is 22.7. The number of carbonyl (C=O) groups is 3. The molecular weight excluding hydrogens is 910 g/mol. The van der Waals surface area contributed by atoms with Crippen molar-refractivity contribution >= 4 is 75.5 Å². The molecule has 0 radical (unpaired) electrons. The van der Waals surface area contributed by atoms with Gasteiger partial charge >= 0.3 is 0 Å². The van der Waals surface area contributed by atoms with Gasteiger partial charge < -0.3 is 35.3 Å². The molecule has 0 saturated heterocycles. The van der Waals surface area contributed by atoms with Crippen LogP contribution in [0.1, 0.15) is 77.7 Å². The monoisotopic (exact) mass is 954 g/mol. The van der Waals surface area contributed by atoms with Crippen LogP contribution in [0.5, 0.6) is 34.5 Å². The summed E-state index contributed by atoms with van der Waals surface area (Å²) in [5.74, 6) is 2.65. The highest BCUT2D eigenvalue weighted by molar-refractivity contribution is 6.38. The van der Waals surface area contributed by atoms with Gasteiger partial charge in [0.25, 0.3) is 0 Å². The van der Waals surface area contributed by atoms with E-state index in [1.807, 2.05) is 24.3 Å². The molecule has 0 aliphatic heterocycles. The molecular formula is C50H46Cl4N4O7. The maximum Gasteiger partial charge on any atom is 0.248 e. The van der Waals surface area contributed by atoms with Crippen molar-refractivity contribution in [3.63, 3.8) is 0 Å². The van der Waals surface area contributed by atoms with Crippen LogP contribution in [0, 0.1) is 11.3 Å². The van der Waals surface area contributed by atoms with E-state index in [9.17, 15) is 14.4 Å². The van der Waals surface area contributed by atoms with Crippen molar-refractivity contribution in [2.75, 3.05) is 24.9 Å². The Hall–Kier alpha value is -6.42. The largest absolute Gasteiger partial charge is 0.496 e. The van der Waals surface area contributed by atoms with E-state index in [4.69, 9.17) is 76.3 Å². The number of halogens is 4. The zero-order valence-corrected chi connectivity index (χ0v) is 39.4. The Morgan fingerprint density at radius 3 is 1.40 bits per heavy atom. The van der Waals surface area contributed by atoms with Crippen LogP contribution in [0.3, 0.4) is 0 Å². The summed E-state index contributed by atoms with van der Waals surface area (Å²) in [6, 6.07) is 32.8. The molecule has 0 heterocycles. The van der Waals surface area contributed by atoms with Crippen molar-refractivity contribution in [3.8, 4) is 40.6 Å². The molecule has 336 valence electrons. The van der Waals surface area contributed by atoms with Gasteiger partial charge in [-0.1, -0.05) is 98.4 Å². The number of ether oxygens (including phenoxy) is 4. The molecule has 11 nitrogen and oxygen atoms in total. The minimum Gasteiger partial charge on any atom is -0.496 e. The summed E-state index contributed by atoms with van der Waals surface area (Å²) in [6.07, 6.45) is 0.172. The number of nitrogens with two attached hydrogens (primary N) is 1. The fourth-order valence-electron chi connectivity index (χ4n) is 6.52. The van der Waals surface area contributed by atoms with Crippen LogP contribution < -0.4 is 35.3 Å². The minimum absolute atomic E-state index is 0.0540. The molecule has 15 heteroatoms. The van der Waals surface area contributed by atoms with E-state index >= 15 is 0 Å². The third-order valence-corrected chi connectivity index (χ3v) is 10.8. The molecule has 6 aromatic carbocycles. The van der Waals surface area contributed by atoms with Gasteiger partial charge in [-0.15, -0.1) is 0 Å². The van der Waals surface area contributed by atoms with Crippen molar-refractivity contribution in [3.05, 3.63) is 163 Å². The third-order valence-electron chi connectivity index (χ3n) is 9.65. The highest BCUT2D eigenvalue weighted by Crippen LogP contribution is 2.42. The van der Waals surface area contributed by atoms with E-state index in [2.05, 4.69) is 44.4 Å². The summed E-state index contributed by atoms with van der Waals surface area (Å²) in [7, 11) is 3.25. The zero-order valence-electron chi connectivity index (χ0n) is 36.4. The number of hydrogen-bond donors (Lipinski definition) is 3. The molecule has 0 aliphatic carbocycles. The molecule has 65 heavy (non-hydrogen) atoms. The molecule has 4 N–H and O–H groups in total. The first kappa shape index (κ1) is 49.6. The fraction of sp³-hybridized carbons (Fsp3) is 0.200. The number of methoxy groups -OCH3 is 2. The zero-order chi connectivity index (χ0) is 47.4. The summed E-state index contributed by atoms with van der Waals surface area (Å²) in [5, 5.41) is 15.5. The molecule has 3 amide bonds. The van der Waals surface area contributed by atoms with Crippen molar-refractivity contribution in [1.29, 1.82) is 5.26 Å². The maximum atomic E-state index is 12.5. The van der Waals surface area contributed by atoms with Crippen LogP contribution in [0.25, 0.3) is 0 Å². The summed E-state index contributed by atoms with van der Waals surface area (Å²) in [6.45, 7) is 8.25. The molecule has 0 atom stereocenters. The average molecular weight is 957 g/mol. The van der Waals surface area contributed by atoms with Gasteiger partial charge in [0, 0.05) is 28.1 Å². The van der Waals surface area contributed by atoms with Gasteiger partial charge in [-0.3, -0.25) is 14.4 Å². The van der Waals surface area contributed by atoms with Crippen molar-refractivity contribution < 1.29 is 33.3 Å². The molecule has 6 rings (SSSR count). The predicted octanol–water partition coefficient (Wildman–Crippen LogP) is 13.2. The van der Waals surface area contributed by atoms with Crippen LogP contribution in [0.2, 0.25) is 20.1 Å². The Labute approximate surface area is 398 Å². The van der Waals surface area contributed by atoms with Gasteiger partial charge in [0.05, 0.1) is 58.8 Å². The third kappa shape index (κ3) is 13.8. The van der Waals surface area contributed by atoms with Crippen molar-refractivity contribution in [2.24, 2.45) is 5.73 Å². The van der Waals surface area contributed by atoms with E-state index in [1.54, 1.807) is 99.1 Å². The van der Waals surface area contributed by atoms with E-state index in [-0.39, 0.29) is 62.3 Å². The maximum absolute atomic E-state index is 12.5. The van der Waals surface area contributed by atoms with Crippen molar-refractivity contribution in [1.82, 2.24) is 0 Å². The number of carbonyl (C=O) groups excluding carboxylic acids is 3. The molecule has 0 unspecified atom stereocenters. The van der Waals surface area contributed by atoms with Gasteiger partial charge in [0.15, 0.2) is 11.5 Å². The number of nitriles is 1. The number of benzene rings is 6. The molecule has 0 fully saturated rings. The van der Waals surface area contributed by atoms with Gasteiger partial charge in [-0.2, -0.15) is 5.26 Å². The molecule has 0 saturated carbocycles. The van der Waals surface area contributed by atoms with E-state index in [0.717, 1.165) is 28.2 Å². The highest BCUT2D eigenvalue weighted by atomic mass is 35.5. The fourth-order valence-corrected chi connectivity index (χ4v) is 7.64. The Morgan fingerprint density at radius 2 is 1.02 bits per heavy atom. The molecule has 0 aliphatic rings. The van der Waals surface area contributed by atoms with Gasteiger partial charge in [0.2, 0.25) is 17.7 Å². The number of nitrogens with one attached hydrogen (secondary N) is 2. The minimum atomic E-state index is -0.552. The second-order valence-corrected chi connectivity index (χ2v) is 16.8. The number of rotatable bonds is 15. The quantitative estimate of drug-likeness (QED) is 0.0916. The van der Waals surface area contributed by atoms with Gasteiger partial charge in [-0.25, -0.2) is 0 Å². The lowest BCUT2D eigenvalue weighted by molar-refractivity contribution is -0.116. The predicted molar refractivity (Wildman–Crippen MR) is 258 cm³/mol. The number of nitrogens with zero attached hydrogens (tertiary/aromatic N) is 1. The average Bonchev–Trinajstić information content (AvgIpc) is 3.26. The SMILES string of the molecule is COc1ccc(Oc2c(Cl)cc(NC(=O)Cc3cccc(C#N)c3)cc2Cl)cc1C(C)C.COc1ccc(Oc2c(Cl)cc(NC(=O)Cc3cccc(C(N)=O)c3)cc2Cl)cc1C(C)C. The Bertz CT molecular complexity index is 2710. The standard InChI is InChI=1S/C25H24Cl2N2O4.C25H22Cl2N2O3/c1-14(2)19-13-18(7-8-22(19)32-3)33-24-20(26)11-17(12-21(24)27)29-23(30)10-15-5-4-6-16(9-15)25(28)31;1-15(2)20-13-19(7-8-23(20)31-3)32-25-21(26)11-18(12-22(25)27)29-24(30)10-16-5-4-6-17(9-16)14-28/h4-9,11-14H,10H2,1-3H3,(H2,28,31)(H,29,30);4-9,11-13,15H,10H2,1-3H3,(H,29,30). The first-order valence-electron chi connectivity index (χ1n) is 20.2. The van der Waals surface area contributed by atoms with E-state index in [1.165, 1.54) is 0 Å². The van der Waals surface area contributed by atoms with Gasteiger partial charge in [0.1, 0.15) is 23.0 Å². The van der Waals surface area contributed by atoms with Crippen LogP contribution in [0.4, 0.5) is 11.4 Å². The van der Waals surface area contributed by atoms with Crippen LogP contribution >= 0.6 is 46.4 Å². The summed E-state index contributed by atoms with van der Waals surface area (Å²) in [4.78, 5) is 36.2. The molecule has 6 aromatic rings. The van der Waals surface area contributed by atoms with Crippen LogP contribution in [-0.2, 0) is 22.4 Å². The number of anilines is 2. The lowest BCUT2D eigenvalue weighted by atomic mass is 10.0. The Kier molecular flexibility index (Phi) is 17.5. The summed E-state index contributed by atoms with van der Waals surface area (Å²) >= 11 is 25.6. The number of amides is 3. The van der Waals surface area contributed by atoms with Gasteiger partial charge in [-0.05, 0) is 108 Å². The second kappa shape index (κ2) is 23.0. The van der Waals surface area contributed by atoms with E-state index in [0.29, 0.717) is 45.3 Å². The van der Waals surface area contributed by atoms with Crippen LogP contribution in [-0.4, -0.2) is 31.9 Å². The Balaban J connectivity index is 0.000000244. The first-order chi connectivity index (χ1) is 31.0. The lowest BCUT2D eigenvalue weighted by Gasteiger charge is -2.16. The van der Waals surface area contributed by atoms with Crippen LogP contribution in [0.15, 0.2) is 109 Å². The molecule has 0 spiro atoms.